The molecule has 3 aromatic rings. The number of guanidine groups is 1. The van der Waals surface area contributed by atoms with Crippen molar-refractivity contribution in [1.29, 1.82) is 0 Å². The molecule has 1 saturated heterocycles. The highest BCUT2D eigenvalue weighted by molar-refractivity contribution is 5.83. The minimum absolute atomic E-state index is 0.211. The highest BCUT2D eigenvalue weighted by Gasteiger charge is 2.15. The number of aliphatic imine (C=N–C) groups is 1. The van der Waals surface area contributed by atoms with Gasteiger partial charge in [0.2, 0.25) is 0 Å². The van der Waals surface area contributed by atoms with Gasteiger partial charge in [0.05, 0.1) is 25.4 Å². The van der Waals surface area contributed by atoms with Gasteiger partial charge in [-0.1, -0.05) is 24.3 Å². The summed E-state index contributed by atoms with van der Waals surface area (Å²) in [5.41, 5.74) is 3.48. The van der Waals surface area contributed by atoms with Crippen molar-refractivity contribution < 1.29 is 13.5 Å². The summed E-state index contributed by atoms with van der Waals surface area (Å²) in [4.78, 5) is 6.27. The van der Waals surface area contributed by atoms with Crippen LogP contribution in [0.3, 0.4) is 0 Å². The molecule has 7 heteroatoms. The smallest absolute Gasteiger partial charge is 0.191 e. The minimum atomic E-state index is -0.211. The number of benzene rings is 2. The highest BCUT2D eigenvalue weighted by Crippen LogP contribution is 2.25. The molecule has 2 N–H and O–H groups in total. The van der Waals surface area contributed by atoms with E-state index in [-0.39, 0.29) is 5.82 Å². The third-order valence-corrected chi connectivity index (χ3v) is 5.41. The van der Waals surface area contributed by atoms with Gasteiger partial charge in [-0.3, -0.25) is 4.99 Å². The fourth-order valence-electron chi connectivity index (χ4n) is 3.69. The van der Waals surface area contributed by atoms with Crippen LogP contribution in [0.1, 0.15) is 16.9 Å². The predicted molar refractivity (Wildman–Crippen MR) is 117 cm³/mol. The first-order chi connectivity index (χ1) is 14.7. The lowest BCUT2D eigenvalue weighted by atomic mass is 10.1. The quantitative estimate of drug-likeness (QED) is 0.497. The largest absolute Gasteiger partial charge is 0.459 e. The van der Waals surface area contributed by atoms with Crippen molar-refractivity contribution in [2.45, 2.75) is 20.0 Å². The van der Waals surface area contributed by atoms with Gasteiger partial charge in [0.25, 0.3) is 0 Å². The summed E-state index contributed by atoms with van der Waals surface area (Å²) in [5, 5.41) is 7.62. The van der Waals surface area contributed by atoms with Crippen LogP contribution in [0.4, 0.5) is 10.1 Å². The number of morpholine rings is 1. The van der Waals surface area contributed by atoms with Gasteiger partial charge < -0.3 is 24.7 Å². The fourth-order valence-corrected chi connectivity index (χ4v) is 3.69. The van der Waals surface area contributed by atoms with E-state index in [2.05, 4.69) is 28.6 Å². The molecule has 1 aliphatic heterocycles. The summed E-state index contributed by atoms with van der Waals surface area (Å²) in [5.74, 6) is 1.30. The van der Waals surface area contributed by atoms with Gasteiger partial charge in [-0.15, -0.1) is 0 Å². The van der Waals surface area contributed by atoms with Crippen molar-refractivity contribution in [3.8, 4) is 0 Å². The van der Waals surface area contributed by atoms with Gasteiger partial charge in [0.15, 0.2) is 5.96 Å². The molecule has 1 aliphatic rings. The Kier molecular flexibility index (Phi) is 6.18. The number of furan rings is 1. The molecular formula is C23H27FN4O2. The van der Waals surface area contributed by atoms with Crippen LogP contribution in [0.5, 0.6) is 0 Å². The second-order valence-corrected chi connectivity index (χ2v) is 7.31. The highest BCUT2D eigenvalue weighted by atomic mass is 19.1. The molecule has 0 unspecified atom stereocenters. The second-order valence-electron chi connectivity index (χ2n) is 7.31. The summed E-state index contributed by atoms with van der Waals surface area (Å²) in [6.07, 6.45) is 0. The zero-order valence-electron chi connectivity index (χ0n) is 17.4. The zero-order chi connectivity index (χ0) is 20.9. The summed E-state index contributed by atoms with van der Waals surface area (Å²) in [7, 11) is 1.71. The van der Waals surface area contributed by atoms with E-state index in [0.29, 0.717) is 51.0 Å². The number of anilines is 1. The first-order valence-electron chi connectivity index (χ1n) is 10.2. The number of nitrogens with one attached hydrogen (secondary N) is 2. The van der Waals surface area contributed by atoms with E-state index in [1.807, 2.05) is 35.2 Å². The van der Waals surface area contributed by atoms with Crippen LogP contribution in [0.2, 0.25) is 0 Å². The summed E-state index contributed by atoms with van der Waals surface area (Å²) in [6.45, 7) is 5.74. The molecule has 0 radical (unpaired) electrons. The van der Waals surface area contributed by atoms with Crippen LogP contribution in [0.25, 0.3) is 11.0 Å². The van der Waals surface area contributed by atoms with Gasteiger partial charge in [0.1, 0.15) is 17.2 Å². The van der Waals surface area contributed by atoms with E-state index in [1.165, 1.54) is 0 Å². The molecule has 6 nitrogen and oxygen atoms in total. The first kappa shape index (κ1) is 20.2. The molecule has 0 saturated carbocycles. The Hall–Kier alpha value is -3.06. The van der Waals surface area contributed by atoms with E-state index in [1.54, 1.807) is 13.1 Å². The lowest BCUT2D eigenvalue weighted by Gasteiger charge is -2.29. The van der Waals surface area contributed by atoms with E-state index in [0.717, 1.165) is 27.9 Å². The van der Waals surface area contributed by atoms with Gasteiger partial charge in [-0.2, -0.15) is 0 Å². The molecule has 0 aliphatic carbocycles. The van der Waals surface area contributed by atoms with Gasteiger partial charge in [-0.05, 0) is 30.7 Å². The van der Waals surface area contributed by atoms with Gasteiger partial charge in [0, 0.05) is 37.6 Å². The maximum absolute atomic E-state index is 14.6. The Morgan fingerprint density at radius 1 is 1.10 bits per heavy atom. The minimum Gasteiger partial charge on any atom is -0.459 e. The molecule has 158 valence electrons. The van der Waals surface area contributed by atoms with Crippen molar-refractivity contribution in [1.82, 2.24) is 10.6 Å². The van der Waals surface area contributed by atoms with Crippen molar-refractivity contribution in [2.24, 2.45) is 4.99 Å². The normalized spacial score (nSPS) is 14.9. The van der Waals surface area contributed by atoms with Crippen LogP contribution < -0.4 is 15.5 Å². The Balaban J connectivity index is 1.35. The average Bonchev–Trinajstić information content (AvgIpc) is 3.10. The lowest BCUT2D eigenvalue weighted by molar-refractivity contribution is 0.122. The van der Waals surface area contributed by atoms with Crippen LogP contribution in [-0.4, -0.2) is 39.3 Å². The Bertz CT molecular complexity index is 1040. The average molecular weight is 410 g/mol. The molecule has 30 heavy (non-hydrogen) atoms. The summed E-state index contributed by atoms with van der Waals surface area (Å²) >= 11 is 0. The molecule has 2 heterocycles. The van der Waals surface area contributed by atoms with Crippen molar-refractivity contribution in [2.75, 3.05) is 38.3 Å². The van der Waals surface area contributed by atoms with Crippen LogP contribution in [0.15, 0.2) is 51.9 Å². The number of aryl methyl sites for hydroxylation is 1. The number of hydrogen-bond acceptors (Lipinski definition) is 4. The number of rotatable bonds is 5. The van der Waals surface area contributed by atoms with E-state index in [4.69, 9.17) is 9.15 Å². The second kappa shape index (κ2) is 9.17. The van der Waals surface area contributed by atoms with Crippen LogP contribution >= 0.6 is 0 Å². The van der Waals surface area contributed by atoms with Gasteiger partial charge >= 0.3 is 0 Å². The number of para-hydroxylation sites is 1. The SMILES string of the molecule is CN=C(NCc1ccc(N2CCOCC2)c(F)c1)NCc1oc2ccccc2c1C. The molecular weight excluding hydrogens is 383 g/mol. The molecule has 0 spiro atoms. The summed E-state index contributed by atoms with van der Waals surface area (Å²) in [6, 6.07) is 13.4. The van der Waals surface area contributed by atoms with Crippen molar-refractivity contribution in [3.63, 3.8) is 0 Å². The maximum Gasteiger partial charge on any atom is 0.191 e. The molecule has 2 aromatic carbocycles. The first-order valence-corrected chi connectivity index (χ1v) is 10.2. The van der Waals surface area contributed by atoms with E-state index < -0.39 is 0 Å². The molecule has 1 aromatic heterocycles. The number of halogens is 1. The molecule has 4 rings (SSSR count). The number of nitrogens with zero attached hydrogens (tertiary/aromatic N) is 2. The molecule has 0 bridgehead atoms. The van der Waals surface area contributed by atoms with Crippen LogP contribution in [0, 0.1) is 12.7 Å². The fraction of sp³-hybridized carbons (Fsp3) is 0.348. The molecule has 0 amide bonds. The number of hydrogen-bond donors (Lipinski definition) is 2. The third kappa shape index (κ3) is 4.41. The van der Waals surface area contributed by atoms with E-state index >= 15 is 0 Å². The Morgan fingerprint density at radius 3 is 2.60 bits per heavy atom. The standard InChI is InChI=1S/C23H27FN4O2/c1-16-18-5-3-4-6-21(18)30-22(16)15-27-23(25-2)26-14-17-7-8-20(19(24)13-17)28-9-11-29-12-10-28/h3-8,13H,9-12,14-15H2,1-2H3,(H2,25,26,27). The molecule has 1 fully saturated rings. The van der Waals surface area contributed by atoms with E-state index in [9.17, 15) is 4.39 Å². The topological polar surface area (TPSA) is 62.0 Å². The predicted octanol–water partition coefficient (Wildman–Crippen LogP) is 3.58. The lowest BCUT2D eigenvalue weighted by Crippen LogP contribution is -2.37. The zero-order valence-corrected chi connectivity index (χ0v) is 17.4. The third-order valence-electron chi connectivity index (χ3n) is 5.41. The van der Waals surface area contributed by atoms with Crippen molar-refractivity contribution >= 4 is 22.6 Å². The maximum atomic E-state index is 14.6. The van der Waals surface area contributed by atoms with Crippen LogP contribution in [-0.2, 0) is 17.8 Å². The van der Waals surface area contributed by atoms with Crippen molar-refractivity contribution in [3.05, 3.63) is 65.2 Å². The number of fused-ring (bicyclic) bond motifs is 1. The summed E-state index contributed by atoms with van der Waals surface area (Å²) < 4.78 is 25.9. The molecule has 0 atom stereocenters. The van der Waals surface area contributed by atoms with Gasteiger partial charge in [-0.25, -0.2) is 4.39 Å². The Morgan fingerprint density at radius 2 is 1.87 bits per heavy atom. The Labute approximate surface area is 175 Å². The number of ether oxygens (including phenoxy) is 1. The monoisotopic (exact) mass is 410 g/mol.